The van der Waals surface area contributed by atoms with Gasteiger partial charge in [-0.05, 0) is 42.8 Å². The normalized spacial score (nSPS) is 9.92. The van der Waals surface area contributed by atoms with Crippen molar-refractivity contribution in [3.8, 4) is 11.3 Å². The second-order valence-electron chi connectivity index (χ2n) is 5.10. The van der Waals surface area contributed by atoms with Crippen LogP contribution in [0.4, 0.5) is 0 Å². The van der Waals surface area contributed by atoms with Gasteiger partial charge in [0.05, 0.1) is 12.2 Å². The summed E-state index contributed by atoms with van der Waals surface area (Å²) in [7, 11) is 0. The summed E-state index contributed by atoms with van der Waals surface area (Å²) < 4.78 is 5.90. The maximum atomic E-state index is 6.16. The van der Waals surface area contributed by atoms with Crippen molar-refractivity contribution in [1.29, 1.82) is 0 Å². The maximum Gasteiger partial charge on any atom is 0.134 e. The van der Waals surface area contributed by atoms with E-state index in [0.29, 0.717) is 13.1 Å². The van der Waals surface area contributed by atoms with Gasteiger partial charge >= 0.3 is 0 Å². The SMILES string of the molecule is Cc1c(Cl)cccc1-c1ccc(CNCc2ccccn2)o1.Cl.Cl. The number of nitrogens with zero attached hydrogens (tertiary/aromatic N) is 1. The van der Waals surface area contributed by atoms with Crippen LogP contribution in [0.15, 0.2) is 59.1 Å². The second-order valence-corrected chi connectivity index (χ2v) is 5.51. The average Bonchev–Trinajstić information content (AvgIpc) is 3.00. The van der Waals surface area contributed by atoms with Crippen molar-refractivity contribution < 1.29 is 4.42 Å². The third kappa shape index (κ3) is 4.99. The fourth-order valence-electron chi connectivity index (χ4n) is 2.31. The molecule has 128 valence electrons. The summed E-state index contributed by atoms with van der Waals surface area (Å²) in [4.78, 5) is 4.28. The van der Waals surface area contributed by atoms with Gasteiger partial charge in [-0.3, -0.25) is 4.98 Å². The summed E-state index contributed by atoms with van der Waals surface area (Å²) >= 11 is 6.16. The van der Waals surface area contributed by atoms with Gasteiger partial charge in [0.1, 0.15) is 11.5 Å². The van der Waals surface area contributed by atoms with Crippen LogP contribution in [0.2, 0.25) is 5.02 Å². The Balaban J connectivity index is 0.00000144. The van der Waals surface area contributed by atoms with E-state index in [1.807, 2.05) is 55.5 Å². The second kappa shape index (κ2) is 9.70. The number of furan rings is 1. The zero-order valence-corrected chi connectivity index (χ0v) is 15.5. The highest BCUT2D eigenvalue weighted by Gasteiger charge is 2.09. The van der Waals surface area contributed by atoms with Crippen LogP contribution < -0.4 is 5.32 Å². The fourth-order valence-corrected chi connectivity index (χ4v) is 2.48. The van der Waals surface area contributed by atoms with Crippen LogP contribution in [0.1, 0.15) is 17.0 Å². The van der Waals surface area contributed by atoms with E-state index < -0.39 is 0 Å². The molecule has 0 bridgehead atoms. The molecule has 1 N–H and O–H groups in total. The number of benzene rings is 1. The molecule has 0 aliphatic rings. The summed E-state index contributed by atoms with van der Waals surface area (Å²) in [6.07, 6.45) is 1.80. The molecule has 6 heteroatoms. The number of hydrogen-bond donors (Lipinski definition) is 1. The van der Waals surface area contributed by atoms with Gasteiger partial charge in [-0.1, -0.05) is 29.8 Å². The molecule has 0 amide bonds. The molecule has 2 aromatic heterocycles. The highest BCUT2D eigenvalue weighted by molar-refractivity contribution is 6.31. The van der Waals surface area contributed by atoms with Crippen molar-refractivity contribution in [1.82, 2.24) is 10.3 Å². The van der Waals surface area contributed by atoms with Crippen molar-refractivity contribution in [3.63, 3.8) is 0 Å². The van der Waals surface area contributed by atoms with Crippen molar-refractivity contribution in [2.45, 2.75) is 20.0 Å². The lowest BCUT2D eigenvalue weighted by atomic mass is 10.1. The number of hydrogen-bond acceptors (Lipinski definition) is 3. The standard InChI is InChI=1S/C18H17ClN2O.2ClH/c1-13-16(6-4-7-17(13)19)18-9-8-15(22-18)12-20-11-14-5-2-3-10-21-14;;/h2-10,20H,11-12H2,1H3;2*1H. The van der Waals surface area contributed by atoms with E-state index in [-0.39, 0.29) is 24.8 Å². The molecule has 3 nitrogen and oxygen atoms in total. The number of pyridine rings is 1. The zero-order chi connectivity index (χ0) is 15.4. The van der Waals surface area contributed by atoms with Crippen LogP contribution in [-0.4, -0.2) is 4.98 Å². The van der Waals surface area contributed by atoms with E-state index in [1.165, 1.54) is 0 Å². The molecule has 0 aliphatic carbocycles. The van der Waals surface area contributed by atoms with Crippen LogP contribution >= 0.6 is 36.4 Å². The molecule has 0 fully saturated rings. The first kappa shape index (κ1) is 20.5. The van der Waals surface area contributed by atoms with E-state index in [1.54, 1.807) is 6.20 Å². The topological polar surface area (TPSA) is 38.1 Å². The van der Waals surface area contributed by atoms with E-state index in [2.05, 4.69) is 10.3 Å². The molecule has 0 saturated heterocycles. The molecule has 1 aromatic carbocycles. The Hall–Kier alpha value is -1.52. The number of halogens is 3. The number of rotatable bonds is 5. The third-order valence-corrected chi connectivity index (χ3v) is 3.94. The molecule has 0 aliphatic heterocycles. The highest BCUT2D eigenvalue weighted by atomic mass is 35.5. The summed E-state index contributed by atoms with van der Waals surface area (Å²) in [6.45, 7) is 3.38. The van der Waals surface area contributed by atoms with E-state index in [0.717, 1.165) is 33.4 Å². The van der Waals surface area contributed by atoms with E-state index in [9.17, 15) is 0 Å². The molecule has 3 rings (SSSR count). The van der Waals surface area contributed by atoms with Crippen molar-refractivity contribution in [2.75, 3.05) is 0 Å². The van der Waals surface area contributed by atoms with Crippen LogP contribution in [0.5, 0.6) is 0 Å². The van der Waals surface area contributed by atoms with E-state index >= 15 is 0 Å². The zero-order valence-electron chi connectivity index (χ0n) is 13.2. The summed E-state index contributed by atoms with van der Waals surface area (Å²) in [6, 6.07) is 15.7. The Morgan fingerprint density at radius 2 is 1.83 bits per heavy atom. The van der Waals surface area contributed by atoms with Crippen molar-refractivity contribution in [3.05, 3.63) is 76.8 Å². The molecule has 0 radical (unpaired) electrons. The van der Waals surface area contributed by atoms with Gasteiger partial charge in [0.2, 0.25) is 0 Å². The summed E-state index contributed by atoms with van der Waals surface area (Å²) in [5, 5.41) is 4.08. The minimum Gasteiger partial charge on any atom is -0.460 e. The minimum atomic E-state index is 0. The largest absolute Gasteiger partial charge is 0.460 e. The molecule has 0 atom stereocenters. The highest BCUT2D eigenvalue weighted by Crippen LogP contribution is 2.29. The molecule has 0 spiro atoms. The predicted molar refractivity (Wildman–Crippen MR) is 103 cm³/mol. The van der Waals surface area contributed by atoms with Gasteiger partial charge in [-0.15, -0.1) is 24.8 Å². The van der Waals surface area contributed by atoms with Gasteiger partial charge in [0, 0.05) is 23.3 Å². The van der Waals surface area contributed by atoms with Gasteiger partial charge < -0.3 is 9.73 Å². The first-order chi connectivity index (χ1) is 10.7. The minimum absolute atomic E-state index is 0. The Kier molecular flexibility index (Phi) is 8.29. The van der Waals surface area contributed by atoms with Crippen LogP contribution in [0, 0.1) is 6.92 Å². The molecular weight excluding hydrogens is 367 g/mol. The fraction of sp³-hybridized carbons (Fsp3) is 0.167. The van der Waals surface area contributed by atoms with Gasteiger partial charge in [-0.25, -0.2) is 0 Å². The molecule has 3 aromatic rings. The van der Waals surface area contributed by atoms with Gasteiger partial charge in [0.15, 0.2) is 0 Å². The summed E-state index contributed by atoms with van der Waals surface area (Å²) in [5.41, 5.74) is 3.08. The number of aromatic nitrogens is 1. The van der Waals surface area contributed by atoms with Gasteiger partial charge in [-0.2, -0.15) is 0 Å². The quantitative estimate of drug-likeness (QED) is 0.636. The molecule has 0 unspecified atom stereocenters. The van der Waals surface area contributed by atoms with E-state index in [4.69, 9.17) is 16.0 Å². The van der Waals surface area contributed by atoms with Crippen LogP contribution in [-0.2, 0) is 13.1 Å². The first-order valence-corrected chi connectivity index (χ1v) is 7.56. The molecule has 2 heterocycles. The first-order valence-electron chi connectivity index (χ1n) is 7.19. The predicted octanol–water partition coefficient (Wildman–Crippen LogP) is 5.44. The van der Waals surface area contributed by atoms with Crippen LogP contribution in [0.25, 0.3) is 11.3 Å². The number of nitrogens with one attached hydrogen (secondary N) is 1. The molecular formula is C18H19Cl3N2O. The van der Waals surface area contributed by atoms with Gasteiger partial charge in [0.25, 0.3) is 0 Å². The monoisotopic (exact) mass is 384 g/mol. The smallest absolute Gasteiger partial charge is 0.134 e. The maximum absolute atomic E-state index is 6.16. The van der Waals surface area contributed by atoms with Crippen molar-refractivity contribution >= 4 is 36.4 Å². The lowest BCUT2D eigenvalue weighted by Crippen LogP contribution is -2.12. The lowest BCUT2D eigenvalue weighted by molar-refractivity contribution is 0.492. The Bertz CT molecular complexity index is 760. The van der Waals surface area contributed by atoms with Crippen LogP contribution in [0.3, 0.4) is 0 Å². The Morgan fingerprint density at radius 1 is 1.00 bits per heavy atom. The average molecular weight is 386 g/mol. The lowest BCUT2D eigenvalue weighted by Gasteiger charge is -2.05. The Morgan fingerprint density at radius 3 is 2.58 bits per heavy atom. The third-order valence-electron chi connectivity index (χ3n) is 3.53. The molecule has 24 heavy (non-hydrogen) atoms. The summed E-state index contributed by atoms with van der Waals surface area (Å²) in [5.74, 6) is 1.74. The Labute approximate surface area is 159 Å². The molecule has 0 saturated carbocycles. The van der Waals surface area contributed by atoms with Crippen molar-refractivity contribution in [2.24, 2.45) is 0 Å².